The van der Waals surface area contributed by atoms with E-state index in [1.165, 1.54) is 22.9 Å². The summed E-state index contributed by atoms with van der Waals surface area (Å²) in [5.74, 6) is -2.58. The van der Waals surface area contributed by atoms with Crippen LogP contribution in [0.3, 0.4) is 0 Å². The average Bonchev–Trinajstić information content (AvgIpc) is 3.20. The van der Waals surface area contributed by atoms with Crippen molar-refractivity contribution in [3.8, 4) is 6.07 Å². The highest BCUT2D eigenvalue weighted by atomic mass is 19.1. The molecule has 0 spiro atoms. The third kappa shape index (κ3) is 5.19. The van der Waals surface area contributed by atoms with Gasteiger partial charge in [0.05, 0.1) is 30.3 Å². The number of nitriles is 1. The second kappa shape index (κ2) is 10.5. The number of aliphatic hydroxyl groups excluding tert-OH is 1. The van der Waals surface area contributed by atoms with Crippen LogP contribution < -0.4 is 11.1 Å². The Kier molecular flexibility index (Phi) is 7.55. The first-order valence-electron chi connectivity index (χ1n) is 10.4. The molecule has 1 unspecified atom stereocenters. The monoisotopic (exact) mass is 466 g/mol. The fourth-order valence-electron chi connectivity index (χ4n) is 3.44. The molecule has 3 amide bonds. The van der Waals surface area contributed by atoms with Crippen LogP contribution in [0.25, 0.3) is 10.9 Å². The molecule has 0 fully saturated rings. The minimum absolute atomic E-state index is 0.0181. The van der Waals surface area contributed by atoms with Gasteiger partial charge in [-0.15, -0.1) is 0 Å². The Morgan fingerprint density at radius 2 is 2.00 bits per heavy atom. The van der Waals surface area contributed by atoms with Crippen molar-refractivity contribution in [2.75, 3.05) is 13.2 Å². The molecule has 0 saturated heterocycles. The molecule has 0 aliphatic carbocycles. The van der Waals surface area contributed by atoms with E-state index < -0.39 is 42.7 Å². The van der Waals surface area contributed by atoms with Crippen molar-refractivity contribution in [3.05, 3.63) is 65.1 Å². The highest BCUT2D eigenvalue weighted by molar-refractivity contribution is 6.04. The van der Waals surface area contributed by atoms with Crippen LogP contribution in [-0.4, -0.2) is 56.7 Å². The van der Waals surface area contributed by atoms with E-state index in [1.807, 2.05) is 0 Å². The summed E-state index contributed by atoms with van der Waals surface area (Å²) in [5.41, 5.74) is 5.91. The number of fused-ring (bicyclic) bond motifs is 1. The Hall–Kier alpha value is -4.30. The molecule has 3 aromatic rings. The summed E-state index contributed by atoms with van der Waals surface area (Å²) in [4.78, 5) is 38.4. The van der Waals surface area contributed by atoms with Crippen molar-refractivity contribution in [2.24, 2.45) is 5.73 Å². The molecule has 1 heterocycles. The zero-order chi connectivity index (χ0) is 24.8. The Morgan fingerprint density at radius 3 is 2.68 bits per heavy atom. The minimum Gasteiger partial charge on any atom is -0.394 e. The number of carbonyl (C=O) groups is 3. The van der Waals surface area contributed by atoms with E-state index in [-0.39, 0.29) is 29.9 Å². The number of halogens is 1. The Labute approximate surface area is 194 Å². The first kappa shape index (κ1) is 24.3. The second-order valence-electron chi connectivity index (χ2n) is 7.61. The van der Waals surface area contributed by atoms with Crippen LogP contribution >= 0.6 is 0 Å². The standard InChI is InChI=1S/C23H23FN6O4/c1-14(13-31)29(11-19(32)27-10-16-6-4-5-15(9-25)21(16)24)20(33)12-30-18-8-3-2-7-17(18)22(28-30)23(26)34/h2-8,14,31H,10-13H2,1H3,(H2,26,34)(H,27,32). The molecular weight excluding hydrogens is 443 g/mol. The molecule has 3 rings (SSSR count). The number of rotatable bonds is 9. The van der Waals surface area contributed by atoms with Gasteiger partial charge in [0.25, 0.3) is 5.91 Å². The number of primary amides is 1. The van der Waals surface area contributed by atoms with Gasteiger partial charge in [0.15, 0.2) is 5.69 Å². The van der Waals surface area contributed by atoms with Crippen molar-refractivity contribution in [1.82, 2.24) is 20.0 Å². The Morgan fingerprint density at radius 1 is 1.26 bits per heavy atom. The fourth-order valence-corrected chi connectivity index (χ4v) is 3.44. The first-order valence-corrected chi connectivity index (χ1v) is 10.4. The van der Waals surface area contributed by atoms with Gasteiger partial charge in [0, 0.05) is 17.5 Å². The largest absolute Gasteiger partial charge is 0.394 e. The zero-order valence-corrected chi connectivity index (χ0v) is 18.4. The van der Waals surface area contributed by atoms with Gasteiger partial charge in [-0.1, -0.05) is 30.3 Å². The highest BCUT2D eigenvalue weighted by Crippen LogP contribution is 2.18. The second-order valence-corrected chi connectivity index (χ2v) is 7.61. The van der Waals surface area contributed by atoms with E-state index >= 15 is 0 Å². The number of nitrogens with one attached hydrogen (secondary N) is 1. The lowest BCUT2D eigenvalue weighted by molar-refractivity contribution is -0.139. The number of aliphatic hydroxyl groups is 1. The van der Waals surface area contributed by atoms with Crippen molar-refractivity contribution >= 4 is 28.6 Å². The Bertz CT molecular complexity index is 1280. The maximum absolute atomic E-state index is 14.2. The van der Waals surface area contributed by atoms with Crippen molar-refractivity contribution in [3.63, 3.8) is 0 Å². The molecule has 176 valence electrons. The summed E-state index contributed by atoms with van der Waals surface area (Å²) in [6, 6.07) is 12.1. The van der Waals surface area contributed by atoms with Gasteiger partial charge in [0.2, 0.25) is 11.8 Å². The van der Waals surface area contributed by atoms with Gasteiger partial charge in [-0.25, -0.2) is 4.39 Å². The molecule has 0 saturated carbocycles. The van der Waals surface area contributed by atoms with E-state index in [4.69, 9.17) is 11.0 Å². The van der Waals surface area contributed by atoms with Gasteiger partial charge >= 0.3 is 0 Å². The van der Waals surface area contributed by atoms with E-state index in [9.17, 15) is 23.9 Å². The number of aromatic nitrogens is 2. The number of amides is 3. The molecule has 0 bridgehead atoms. The predicted octanol–water partition coefficient (Wildman–Crippen LogP) is 0.672. The van der Waals surface area contributed by atoms with Gasteiger partial charge in [-0.3, -0.25) is 19.1 Å². The topological polar surface area (TPSA) is 154 Å². The fraction of sp³-hybridized carbons (Fsp3) is 0.261. The minimum atomic E-state index is -0.741. The first-order chi connectivity index (χ1) is 16.3. The quantitative estimate of drug-likeness (QED) is 0.421. The lowest BCUT2D eigenvalue weighted by Gasteiger charge is -2.27. The number of carbonyl (C=O) groups excluding carboxylic acids is 3. The van der Waals surface area contributed by atoms with Crippen molar-refractivity contribution in [2.45, 2.75) is 26.1 Å². The maximum atomic E-state index is 14.2. The SMILES string of the molecule is CC(CO)N(CC(=O)NCc1cccc(C#N)c1F)C(=O)Cn1nc(C(N)=O)c2ccccc21. The summed E-state index contributed by atoms with van der Waals surface area (Å²) in [5, 5.41) is 25.7. The summed E-state index contributed by atoms with van der Waals surface area (Å²) in [6.07, 6.45) is 0. The third-order valence-electron chi connectivity index (χ3n) is 5.28. The van der Waals surface area contributed by atoms with Crippen LogP contribution in [0.5, 0.6) is 0 Å². The number of hydrogen-bond acceptors (Lipinski definition) is 6. The van der Waals surface area contributed by atoms with Crippen LogP contribution in [0, 0.1) is 17.1 Å². The molecule has 0 aliphatic rings. The van der Waals surface area contributed by atoms with E-state index in [2.05, 4.69) is 10.4 Å². The molecule has 0 radical (unpaired) electrons. The summed E-state index contributed by atoms with van der Waals surface area (Å²) < 4.78 is 15.5. The smallest absolute Gasteiger partial charge is 0.269 e. The summed E-state index contributed by atoms with van der Waals surface area (Å²) in [6.45, 7) is 0.287. The Balaban J connectivity index is 1.74. The van der Waals surface area contributed by atoms with Gasteiger partial charge in [-0.2, -0.15) is 10.4 Å². The molecule has 10 nitrogen and oxygen atoms in total. The highest BCUT2D eigenvalue weighted by Gasteiger charge is 2.25. The lowest BCUT2D eigenvalue weighted by Crippen LogP contribution is -2.47. The third-order valence-corrected chi connectivity index (χ3v) is 5.28. The molecule has 0 aliphatic heterocycles. The van der Waals surface area contributed by atoms with Crippen LogP contribution in [0.2, 0.25) is 0 Å². The van der Waals surface area contributed by atoms with E-state index in [0.717, 1.165) is 4.90 Å². The van der Waals surface area contributed by atoms with Gasteiger partial charge < -0.3 is 21.1 Å². The molecule has 2 aromatic carbocycles. The van der Waals surface area contributed by atoms with E-state index in [0.29, 0.717) is 10.9 Å². The van der Waals surface area contributed by atoms with Crippen LogP contribution in [0.15, 0.2) is 42.5 Å². The van der Waals surface area contributed by atoms with Gasteiger partial charge in [-0.05, 0) is 19.1 Å². The average molecular weight is 466 g/mol. The van der Waals surface area contributed by atoms with Crippen LogP contribution in [0.1, 0.15) is 28.5 Å². The zero-order valence-electron chi connectivity index (χ0n) is 18.4. The number of nitrogens with two attached hydrogens (primary N) is 1. The molecule has 4 N–H and O–H groups in total. The number of hydrogen-bond donors (Lipinski definition) is 3. The summed E-state index contributed by atoms with van der Waals surface area (Å²) in [7, 11) is 0. The number of benzene rings is 2. The number of para-hydroxylation sites is 1. The van der Waals surface area contributed by atoms with Crippen molar-refractivity contribution < 1.29 is 23.9 Å². The molecule has 11 heteroatoms. The van der Waals surface area contributed by atoms with Crippen LogP contribution in [0.4, 0.5) is 4.39 Å². The number of nitrogens with zero attached hydrogens (tertiary/aromatic N) is 4. The predicted molar refractivity (Wildman–Crippen MR) is 119 cm³/mol. The maximum Gasteiger partial charge on any atom is 0.269 e. The van der Waals surface area contributed by atoms with Crippen molar-refractivity contribution in [1.29, 1.82) is 5.26 Å². The molecular formula is C23H23FN6O4. The molecule has 1 atom stereocenters. The molecule has 1 aromatic heterocycles. The summed E-state index contributed by atoms with van der Waals surface area (Å²) >= 11 is 0. The van der Waals surface area contributed by atoms with E-state index in [1.54, 1.807) is 37.3 Å². The lowest BCUT2D eigenvalue weighted by atomic mass is 10.1. The molecule has 34 heavy (non-hydrogen) atoms. The van der Waals surface area contributed by atoms with Gasteiger partial charge in [0.1, 0.15) is 18.4 Å². The van der Waals surface area contributed by atoms with Crippen LogP contribution in [-0.2, 0) is 22.7 Å². The normalized spacial score (nSPS) is 11.6.